The second-order valence-corrected chi connectivity index (χ2v) is 10.4. The third-order valence-corrected chi connectivity index (χ3v) is 7.66. The number of thioether (sulfide) groups is 1. The SMILES string of the molecule is CCOC(=O)C(C)Oc1ccc(SCc2sc(-c3ccc(C(F)(F)F)cc3)nc2C)cc1C(C)C. The van der Waals surface area contributed by atoms with Crippen LogP contribution >= 0.6 is 23.1 Å². The molecule has 0 saturated heterocycles. The van der Waals surface area contributed by atoms with Crippen molar-refractivity contribution in [3.63, 3.8) is 0 Å². The monoisotopic (exact) mass is 523 g/mol. The van der Waals surface area contributed by atoms with E-state index in [4.69, 9.17) is 9.47 Å². The molecular formula is C26H28F3NO3S2. The van der Waals surface area contributed by atoms with E-state index < -0.39 is 23.8 Å². The Balaban J connectivity index is 1.72. The Kier molecular flexibility index (Phi) is 8.88. The summed E-state index contributed by atoms with van der Waals surface area (Å²) in [6.07, 6.45) is -5.06. The van der Waals surface area contributed by atoms with E-state index >= 15 is 0 Å². The molecule has 0 aliphatic heterocycles. The summed E-state index contributed by atoms with van der Waals surface area (Å²) < 4.78 is 49.4. The minimum Gasteiger partial charge on any atom is -0.479 e. The summed E-state index contributed by atoms with van der Waals surface area (Å²) in [5.41, 5.74) is 1.86. The standard InChI is InChI=1S/C26H28F3NO3S2/c1-6-32-25(31)17(5)33-22-12-11-20(13-21(22)15(2)3)34-14-23-16(4)30-24(35-23)18-7-9-19(10-8-18)26(27,28)29/h7-13,15,17H,6,14H2,1-5H3. The van der Waals surface area contributed by atoms with Crippen molar-refractivity contribution in [1.29, 1.82) is 0 Å². The van der Waals surface area contributed by atoms with Gasteiger partial charge in [-0.25, -0.2) is 9.78 Å². The smallest absolute Gasteiger partial charge is 0.416 e. The van der Waals surface area contributed by atoms with E-state index in [0.29, 0.717) is 28.7 Å². The van der Waals surface area contributed by atoms with Gasteiger partial charge in [0.05, 0.1) is 17.9 Å². The predicted octanol–water partition coefficient (Wildman–Crippen LogP) is 7.88. The normalized spacial score (nSPS) is 12.6. The number of carbonyl (C=O) groups is 1. The summed E-state index contributed by atoms with van der Waals surface area (Å²) in [4.78, 5) is 18.6. The van der Waals surface area contributed by atoms with Crippen LogP contribution in [0.4, 0.5) is 13.2 Å². The van der Waals surface area contributed by atoms with Gasteiger partial charge < -0.3 is 9.47 Å². The first kappa shape index (κ1) is 27.1. The molecule has 0 aliphatic carbocycles. The second kappa shape index (κ2) is 11.5. The van der Waals surface area contributed by atoms with E-state index in [-0.39, 0.29) is 5.92 Å². The zero-order chi connectivity index (χ0) is 25.8. The maximum atomic E-state index is 12.8. The fraction of sp³-hybridized carbons (Fsp3) is 0.385. The van der Waals surface area contributed by atoms with Gasteiger partial charge in [0.1, 0.15) is 10.8 Å². The summed E-state index contributed by atoms with van der Waals surface area (Å²) in [5.74, 6) is 1.13. The van der Waals surface area contributed by atoms with Crippen molar-refractivity contribution in [2.24, 2.45) is 0 Å². The van der Waals surface area contributed by atoms with Crippen LogP contribution in [0.25, 0.3) is 10.6 Å². The van der Waals surface area contributed by atoms with Crippen molar-refractivity contribution in [3.8, 4) is 16.3 Å². The summed E-state index contributed by atoms with van der Waals surface area (Å²) >= 11 is 3.14. The van der Waals surface area contributed by atoms with E-state index in [2.05, 4.69) is 24.9 Å². The number of aryl methyl sites for hydroxylation is 1. The molecule has 2 aromatic carbocycles. The van der Waals surface area contributed by atoms with Crippen molar-refractivity contribution in [3.05, 3.63) is 64.2 Å². The Labute approximate surface area is 211 Å². The van der Waals surface area contributed by atoms with Crippen molar-refractivity contribution in [2.45, 2.75) is 63.5 Å². The largest absolute Gasteiger partial charge is 0.479 e. The summed E-state index contributed by atoms with van der Waals surface area (Å²) in [7, 11) is 0. The zero-order valence-electron chi connectivity index (χ0n) is 20.2. The number of esters is 1. The maximum absolute atomic E-state index is 12.8. The second-order valence-electron chi connectivity index (χ2n) is 8.26. The lowest BCUT2D eigenvalue weighted by molar-refractivity contribution is -0.150. The molecule has 0 radical (unpaired) electrons. The van der Waals surface area contributed by atoms with Crippen LogP contribution in [-0.4, -0.2) is 23.7 Å². The number of carbonyl (C=O) groups excluding carboxylic acids is 1. The average Bonchev–Trinajstić information content (AvgIpc) is 3.18. The summed E-state index contributed by atoms with van der Waals surface area (Å²) in [6, 6.07) is 11.0. The van der Waals surface area contributed by atoms with Crippen molar-refractivity contribution in [2.75, 3.05) is 6.61 Å². The summed E-state index contributed by atoms with van der Waals surface area (Å²) in [5, 5.41) is 0.700. The molecule has 1 aromatic heterocycles. The molecule has 1 unspecified atom stereocenters. The lowest BCUT2D eigenvalue weighted by atomic mass is 10.0. The van der Waals surface area contributed by atoms with Gasteiger partial charge in [0.15, 0.2) is 6.10 Å². The molecule has 0 N–H and O–H groups in total. The Morgan fingerprint density at radius 3 is 2.40 bits per heavy atom. The average molecular weight is 524 g/mol. The van der Waals surface area contributed by atoms with Crippen LogP contribution in [0, 0.1) is 6.92 Å². The number of aromatic nitrogens is 1. The highest BCUT2D eigenvalue weighted by Gasteiger charge is 2.30. The van der Waals surface area contributed by atoms with Gasteiger partial charge >= 0.3 is 12.1 Å². The molecule has 188 valence electrons. The van der Waals surface area contributed by atoms with Crippen molar-refractivity contribution < 1.29 is 27.4 Å². The zero-order valence-corrected chi connectivity index (χ0v) is 21.9. The molecule has 4 nitrogen and oxygen atoms in total. The quantitative estimate of drug-likeness (QED) is 0.211. The molecule has 0 bridgehead atoms. The Hall–Kier alpha value is -2.52. The first-order valence-electron chi connectivity index (χ1n) is 11.2. The van der Waals surface area contributed by atoms with Crippen LogP contribution in [0.2, 0.25) is 0 Å². The molecule has 9 heteroatoms. The number of rotatable bonds is 9. The summed E-state index contributed by atoms with van der Waals surface area (Å²) in [6.45, 7) is 9.77. The lowest BCUT2D eigenvalue weighted by Crippen LogP contribution is -2.26. The lowest BCUT2D eigenvalue weighted by Gasteiger charge is -2.19. The van der Waals surface area contributed by atoms with Crippen LogP contribution in [-0.2, 0) is 21.5 Å². The van der Waals surface area contributed by atoms with Gasteiger partial charge in [-0.3, -0.25) is 0 Å². The number of halogens is 3. The molecule has 0 fully saturated rings. The van der Waals surface area contributed by atoms with Crippen LogP contribution in [0.3, 0.4) is 0 Å². The van der Waals surface area contributed by atoms with Crippen LogP contribution < -0.4 is 4.74 Å². The van der Waals surface area contributed by atoms with Gasteiger partial charge in [-0.2, -0.15) is 13.2 Å². The number of ether oxygens (including phenoxy) is 2. The van der Waals surface area contributed by atoms with Crippen LogP contribution in [0.15, 0.2) is 47.4 Å². The molecular weight excluding hydrogens is 495 g/mol. The molecule has 3 aromatic rings. The van der Waals surface area contributed by atoms with E-state index in [0.717, 1.165) is 33.2 Å². The van der Waals surface area contributed by atoms with Gasteiger partial charge in [0.2, 0.25) is 0 Å². The number of hydrogen-bond donors (Lipinski definition) is 0. The van der Waals surface area contributed by atoms with Gasteiger partial charge in [-0.05, 0) is 62.6 Å². The van der Waals surface area contributed by atoms with Gasteiger partial charge in [0, 0.05) is 21.1 Å². The Morgan fingerprint density at radius 2 is 1.80 bits per heavy atom. The maximum Gasteiger partial charge on any atom is 0.416 e. The molecule has 0 spiro atoms. The first-order chi connectivity index (χ1) is 16.5. The molecule has 3 rings (SSSR count). The Morgan fingerprint density at radius 1 is 1.11 bits per heavy atom. The minimum absolute atomic E-state index is 0.191. The molecule has 1 heterocycles. The Bertz CT molecular complexity index is 1160. The fourth-order valence-corrected chi connectivity index (χ4v) is 5.47. The third kappa shape index (κ3) is 7.01. The van der Waals surface area contributed by atoms with Crippen molar-refractivity contribution in [1.82, 2.24) is 4.98 Å². The number of hydrogen-bond acceptors (Lipinski definition) is 6. The fourth-order valence-electron chi connectivity index (χ4n) is 3.31. The molecule has 0 aliphatic rings. The predicted molar refractivity (Wildman–Crippen MR) is 134 cm³/mol. The topological polar surface area (TPSA) is 48.4 Å². The highest BCUT2D eigenvalue weighted by molar-refractivity contribution is 7.98. The molecule has 0 amide bonds. The van der Waals surface area contributed by atoms with Crippen molar-refractivity contribution >= 4 is 29.1 Å². The van der Waals surface area contributed by atoms with Crippen LogP contribution in [0.1, 0.15) is 55.3 Å². The third-order valence-electron chi connectivity index (χ3n) is 5.25. The van der Waals surface area contributed by atoms with Gasteiger partial charge in [-0.15, -0.1) is 23.1 Å². The first-order valence-corrected chi connectivity index (χ1v) is 13.0. The molecule has 35 heavy (non-hydrogen) atoms. The number of alkyl halides is 3. The van der Waals surface area contributed by atoms with E-state index in [1.165, 1.54) is 23.5 Å². The van der Waals surface area contributed by atoms with Gasteiger partial charge in [-0.1, -0.05) is 26.0 Å². The number of nitrogens with zero attached hydrogens (tertiary/aromatic N) is 1. The number of thiazole rings is 1. The van der Waals surface area contributed by atoms with E-state index in [1.807, 2.05) is 19.1 Å². The van der Waals surface area contributed by atoms with Gasteiger partial charge in [0.25, 0.3) is 0 Å². The van der Waals surface area contributed by atoms with Crippen LogP contribution in [0.5, 0.6) is 5.75 Å². The number of benzene rings is 2. The van der Waals surface area contributed by atoms with E-state index in [1.54, 1.807) is 25.6 Å². The van der Waals surface area contributed by atoms with E-state index in [9.17, 15) is 18.0 Å². The molecule has 1 atom stereocenters. The highest BCUT2D eigenvalue weighted by Crippen LogP contribution is 2.37. The molecule has 0 saturated carbocycles. The minimum atomic E-state index is -4.36. The highest BCUT2D eigenvalue weighted by atomic mass is 32.2.